The maximum absolute atomic E-state index is 13.0. The summed E-state index contributed by atoms with van der Waals surface area (Å²) in [6.45, 7) is 0.783. The van der Waals surface area contributed by atoms with Gasteiger partial charge < -0.3 is 0 Å². The second-order valence-corrected chi connectivity index (χ2v) is 2.94. The Morgan fingerprint density at radius 2 is 2.33 bits per heavy atom. The Morgan fingerprint density at radius 3 is 2.92 bits per heavy atom. The van der Waals surface area contributed by atoms with Crippen molar-refractivity contribution in [3.05, 3.63) is 34.7 Å². The number of hydrogen-bond donors (Lipinski definition) is 0. The van der Waals surface area contributed by atoms with Crippen molar-refractivity contribution < 1.29 is 9.15 Å². The Labute approximate surface area is 68.8 Å². The predicted molar refractivity (Wildman–Crippen MR) is 40.3 cm³/mol. The van der Waals surface area contributed by atoms with Gasteiger partial charge in [0.25, 0.3) is 0 Å². The van der Waals surface area contributed by atoms with Gasteiger partial charge in [-0.3, -0.25) is 4.98 Å². The Bertz CT molecular complexity index is 319. The molecule has 1 aliphatic rings. The van der Waals surface area contributed by atoms with Crippen LogP contribution in [0.5, 0.6) is 0 Å². The molecule has 3 nitrogen and oxygen atoms in total. The van der Waals surface area contributed by atoms with Gasteiger partial charge in [-0.25, -0.2) is 4.39 Å². The van der Waals surface area contributed by atoms with Crippen molar-refractivity contribution in [1.82, 2.24) is 4.98 Å². The first-order chi connectivity index (χ1) is 5.77. The number of nitrogens with zero attached hydrogens (tertiary/aromatic N) is 2. The molecule has 1 aliphatic heterocycles. The second-order valence-electron chi connectivity index (χ2n) is 2.94. The molecule has 1 aromatic rings. The van der Waals surface area contributed by atoms with Crippen molar-refractivity contribution in [3.63, 3.8) is 0 Å². The van der Waals surface area contributed by atoms with Gasteiger partial charge in [0.2, 0.25) is 13.1 Å². The SMILES string of the molecule is O=[N+]1CC(c2cnccc2F)C1. The summed E-state index contributed by atoms with van der Waals surface area (Å²) < 4.78 is 13.9. The molecule has 0 unspecified atom stereocenters. The summed E-state index contributed by atoms with van der Waals surface area (Å²) >= 11 is 0. The zero-order chi connectivity index (χ0) is 8.55. The molecule has 4 heteroatoms. The van der Waals surface area contributed by atoms with Gasteiger partial charge in [-0.2, -0.15) is 0 Å². The molecule has 12 heavy (non-hydrogen) atoms. The fraction of sp³-hybridized carbons (Fsp3) is 0.375. The van der Waals surface area contributed by atoms with Crippen molar-refractivity contribution in [3.8, 4) is 0 Å². The van der Waals surface area contributed by atoms with E-state index in [0.29, 0.717) is 18.7 Å². The molecule has 0 spiro atoms. The zero-order valence-corrected chi connectivity index (χ0v) is 6.40. The standard InChI is InChI=1S/C8H8FN2O/c9-8-1-2-10-3-7(8)6-4-11(12)5-6/h1-3,6H,4-5H2/q+1. The number of rotatable bonds is 1. The Kier molecular flexibility index (Phi) is 1.60. The minimum Gasteiger partial charge on any atom is -0.264 e. The molecule has 0 N–H and O–H groups in total. The highest BCUT2D eigenvalue weighted by Crippen LogP contribution is 2.24. The summed E-state index contributed by atoms with van der Waals surface area (Å²) in [7, 11) is 0. The monoisotopic (exact) mass is 167 g/mol. The van der Waals surface area contributed by atoms with E-state index >= 15 is 0 Å². The van der Waals surface area contributed by atoms with Gasteiger partial charge in [0.05, 0.1) is 0 Å². The number of halogens is 1. The largest absolute Gasteiger partial charge is 0.264 e. The van der Waals surface area contributed by atoms with Gasteiger partial charge in [-0.15, -0.1) is 0 Å². The van der Waals surface area contributed by atoms with Crippen molar-refractivity contribution in [2.75, 3.05) is 13.1 Å². The molecular formula is C8H8FN2O+. The highest BCUT2D eigenvalue weighted by molar-refractivity contribution is 5.18. The van der Waals surface area contributed by atoms with E-state index in [9.17, 15) is 9.30 Å². The first kappa shape index (κ1) is 7.34. The minimum absolute atomic E-state index is 0.0381. The zero-order valence-electron chi connectivity index (χ0n) is 6.40. The van der Waals surface area contributed by atoms with Gasteiger partial charge in [0.15, 0.2) is 0 Å². The van der Waals surface area contributed by atoms with Crippen molar-refractivity contribution in [2.45, 2.75) is 5.92 Å². The van der Waals surface area contributed by atoms with Crippen molar-refractivity contribution >= 4 is 0 Å². The molecule has 0 amide bonds. The molecule has 0 radical (unpaired) electrons. The topological polar surface area (TPSA) is 33.0 Å². The number of hydrogen-bond acceptors (Lipinski definition) is 2. The third-order valence-electron chi connectivity index (χ3n) is 2.08. The molecule has 0 bridgehead atoms. The third-order valence-corrected chi connectivity index (χ3v) is 2.08. The summed E-state index contributed by atoms with van der Waals surface area (Å²) in [6, 6.07) is 1.32. The lowest BCUT2D eigenvalue weighted by Gasteiger charge is -2.16. The minimum atomic E-state index is -0.261. The first-order valence-electron chi connectivity index (χ1n) is 3.79. The van der Waals surface area contributed by atoms with E-state index in [1.54, 1.807) is 0 Å². The van der Waals surface area contributed by atoms with E-state index < -0.39 is 0 Å². The summed E-state index contributed by atoms with van der Waals surface area (Å²) in [6.07, 6.45) is 2.90. The van der Waals surface area contributed by atoms with E-state index in [-0.39, 0.29) is 11.7 Å². The van der Waals surface area contributed by atoms with Gasteiger partial charge in [0.1, 0.15) is 11.7 Å². The molecule has 1 fully saturated rings. The van der Waals surface area contributed by atoms with Crippen LogP contribution >= 0.6 is 0 Å². The Morgan fingerprint density at radius 1 is 1.58 bits per heavy atom. The van der Waals surface area contributed by atoms with Crippen molar-refractivity contribution in [2.24, 2.45) is 0 Å². The third kappa shape index (κ3) is 1.09. The van der Waals surface area contributed by atoms with Gasteiger partial charge in [0, 0.05) is 22.9 Å². The normalized spacial score (nSPS) is 17.6. The van der Waals surface area contributed by atoms with E-state index in [1.165, 1.54) is 18.5 Å². The lowest BCUT2D eigenvalue weighted by Crippen LogP contribution is -2.36. The Balaban J connectivity index is 2.23. The summed E-state index contributed by atoms with van der Waals surface area (Å²) in [5, 5.41) is 0. The summed E-state index contributed by atoms with van der Waals surface area (Å²) in [5.41, 5.74) is 0.560. The van der Waals surface area contributed by atoms with Gasteiger partial charge >= 0.3 is 0 Å². The molecule has 0 aliphatic carbocycles. The van der Waals surface area contributed by atoms with Crippen LogP contribution in [0.3, 0.4) is 0 Å². The molecule has 0 atom stereocenters. The molecule has 1 aromatic heterocycles. The lowest BCUT2D eigenvalue weighted by molar-refractivity contribution is -0.611. The van der Waals surface area contributed by atoms with Crippen LogP contribution in [-0.4, -0.2) is 22.8 Å². The van der Waals surface area contributed by atoms with Crippen LogP contribution in [0, 0.1) is 10.7 Å². The Hall–Kier alpha value is -1.32. The van der Waals surface area contributed by atoms with E-state index in [0.717, 1.165) is 4.76 Å². The van der Waals surface area contributed by atoms with Crippen LogP contribution in [0.2, 0.25) is 0 Å². The maximum atomic E-state index is 13.0. The summed E-state index contributed by atoms with van der Waals surface area (Å²) in [5.74, 6) is -0.223. The average molecular weight is 167 g/mol. The number of pyridine rings is 1. The first-order valence-corrected chi connectivity index (χ1v) is 3.79. The van der Waals surface area contributed by atoms with Crippen LogP contribution in [0.4, 0.5) is 4.39 Å². The van der Waals surface area contributed by atoms with Crippen LogP contribution < -0.4 is 0 Å². The van der Waals surface area contributed by atoms with Crippen LogP contribution in [0.25, 0.3) is 0 Å². The lowest BCUT2D eigenvalue weighted by atomic mass is 9.95. The summed E-state index contributed by atoms with van der Waals surface area (Å²) in [4.78, 5) is 14.4. The number of aromatic nitrogens is 1. The van der Waals surface area contributed by atoms with Crippen LogP contribution in [0.15, 0.2) is 18.5 Å². The highest BCUT2D eigenvalue weighted by atomic mass is 19.1. The molecule has 62 valence electrons. The van der Waals surface area contributed by atoms with Gasteiger partial charge in [-0.05, 0) is 10.8 Å². The smallest absolute Gasteiger partial charge is 0.205 e. The number of nitroso groups, excluding NO2 is 1. The van der Waals surface area contributed by atoms with Crippen molar-refractivity contribution in [1.29, 1.82) is 0 Å². The molecule has 2 rings (SSSR count). The second kappa shape index (κ2) is 2.62. The van der Waals surface area contributed by atoms with Crippen LogP contribution in [-0.2, 0) is 0 Å². The molecule has 1 saturated heterocycles. The highest BCUT2D eigenvalue weighted by Gasteiger charge is 2.37. The fourth-order valence-corrected chi connectivity index (χ4v) is 1.32. The van der Waals surface area contributed by atoms with Gasteiger partial charge in [-0.1, -0.05) is 0 Å². The quantitative estimate of drug-likeness (QED) is 0.587. The van der Waals surface area contributed by atoms with E-state index in [4.69, 9.17) is 0 Å². The van der Waals surface area contributed by atoms with E-state index in [1.807, 2.05) is 0 Å². The molecule has 0 saturated carbocycles. The van der Waals surface area contributed by atoms with E-state index in [2.05, 4.69) is 4.98 Å². The predicted octanol–water partition coefficient (Wildman–Crippen LogP) is 1.10. The maximum Gasteiger partial charge on any atom is 0.205 e. The molecule has 0 aromatic carbocycles. The molecular weight excluding hydrogens is 159 g/mol. The van der Waals surface area contributed by atoms with Crippen LogP contribution in [0.1, 0.15) is 11.5 Å². The fourth-order valence-electron chi connectivity index (χ4n) is 1.32. The molecule has 2 heterocycles. The average Bonchev–Trinajstić information content (AvgIpc) is 2.01.